The first-order valence-corrected chi connectivity index (χ1v) is 13.0. The number of carbonyl (C=O) groups excluding carboxylic acids is 2. The monoisotopic (exact) mass is 588 g/mol. The van der Waals surface area contributed by atoms with E-state index in [-0.39, 0.29) is 32.5 Å². The van der Waals surface area contributed by atoms with Crippen LogP contribution in [0.3, 0.4) is 0 Å². The molecule has 4 rings (SSSR count). The number of benzene rings is 1. The Kier molecular flexibility index (Phi) is 8.16. The van der Waals surface area contributed by atoms with Crippen molar-refractivity contribution < 1.29 is 53.8 Å². The predicted octanol–water partition coefficient (Wildman–Crippen LogP) is 6.78. The Morgan fingerprint density at radius 2 is 1.45 bits per heavy atom. The van der Waals surface area contributed by atoms with Gasteiger partial charge < -0.3 is 14.4 Å². The van der Waals surface area contributed by atoms with Gasteiger partial charge in [-0.1, -0.05) is 18.9 Å². The summed E-state index contributed by atoms with van der Waals surface area (Å²) < 4.78 is 122. The molecule has 1 amide bonds. The molecule has 2 saturated heterocycles. The van der Waals surface area contributed by atoms with Crippen LogP contribution >= 0.6 is 0 Å². The molecule has 5 nitrogen and oxygen atoms in total. The Labute approximate surface area is 224 Å². The van der Waals surface area contributed by atoms with Gasteiger partial charge in [0.25, 0.3) is 6.10 Å². The SMILES string of the molecule is O=CC1(c2cc(CN3CCCC34CCN(C(=O)OC(C(F)(F)F)C(F)(F)F)CC4)cc(C(F)(F)F)c2)CCCC1. The van der Waals surface area contributed by atoms with Crippen molar-refractivity contribution >= 4 is 12.4 Å². The topological polar surface area (TPSA) is 49.9 Å². The van der Waals surface area contributed by atoms with Crippen molar-refractivity contribution in [1.29, 1.82) is 0 Å². The van der Waals surface area contributed by atoms with Gasteiger partial charge in [0, 0.05) is 25.2 Å². The maximum absolute atomic E-state index is 13.8. The number of carbonyl (C=O) groups is 2. The fourth-order valence-electron chi connectivity index (χ4n) is 6.34. The van der Waals surface area contributed by atoms with Crippen molar-refractivity contribution in [3.05, 3.63) is 34.9 Å². The highest BCUT2D eigenvalue weighted by molar-refractivity contribution is 5.70. The summed E-state index contributed by atoms with van der Waals surface area (Å²) in [5.41, 5.74) is -1.75. The summed E-state index contributed by atoms with van der Waals surface area (Å²) in [7, 11) is 0. The van der Waals surface area contributed by atoms with Crippen LogP contribution in [-0.4, -0.2) is 65.8 Å². The van der Waals surface area contributed by atoms with Gasteiger partial charge in [-0.25, -0.2) is 4.79 Å². The lowest BCUT2D eigenvalue weighted by Crippen LogP contribution is -2.54. The van der Waals surface area contributed by atoms with E-state index < -0.39 is 47.2 Å². The van der Waals surface area contributed by atoms with Crippen molar-refractivity contribution in [2.75, 3.05) is 19.6 Å². The minimum absolute atomic E-state index is 0.112. The van der Waals surface area contributed by atoms with E-state index >= 15 is 0 Å². The molecule has 14 heteroatoms. The normalized spacial score (nSPS) is 21.8. The number of halogens is 9. The van der Waals surface area contributed by atoms with E-state index in [9.17, 15) is 49.1 Å². The van der Waals surface area contributed by atoms with E-state index in [1.54, 1.807) is 6.07 Å². The molecule has 1 aliphatic carbocycles. The zero-order chi connectivity index (χ0) is 29.6. The Morgan fingerprint density at radius 1 is 0.850 bits per heavy atom. The molecule has 2 heterocycles. The van der Waals surface area contributed by atoms with Crippen LogP contribution in [0.5, 0.6) is 0 Å². The molecule has 0 unspecified atom stereocenters. The summed E-state index contributed by atoms with van der Waals surface area (Å²) in [4.78, 5) is 26.9. The molecule has 3 fully saturated rings. The highest BCUT2D eigenvalue weighted by Crippen LogP contribution is 2.44. The van der Waals surface area contributed by atoms with Crippen LogP contribution < -0.4 is 0 Å². The molecule has 40 heavy (non-hydrogen) atoms. The number of piperidine rings is 1. The second-order valence-electron chi connectivity index (χ2n) is 11.0. The summed E-state index contributed by atoms with van der Waals surface area (Å²) in [5.74, 6) is 0. The number of alkyl halides is 9. The molecular weight excluding hydrogens is 559 g/mol. The van der Waals surface area contributed by atoms with Crippen LogP contribution in [0, 0.1) is 0 Å². The third kappa shape index (κ3) is 6.20. The molecule has 0 bridgehead atoms. The van der Waals surface area contributed by atoms with Crippen molar-refractivity contribution in [3.63, 3.8) is 0 Å². The molecule has 2 aliphatic heterocycles. The zero-order valence-corrected chi connectivity index (χ0v) is 21.4. The van der Waals surface area contributed by atoms with E-state index in [4.69, 9.17) is 0 Å². The zero-order valence-electron chi connectivity index (χ0n) is 21.4. The summed E-state index contributed by atoms with van der Waals surface area (Å²) in [5, 5.41) is 0. The summed E-state index contributed by atoms with van der Waals surface area (Å²) in [6, 6.07) is 3.70. The molecule has 1 aromatic carbocycles. The second-order valence-corrected chi connectivity index (χ2v) is 11.0. The van der Waals surface area contributed by atoms with E-state index in [1.807, 2.05) is 4.90 Å². The number of likely N-dealkylation sites (tertiary alicyclic amines) is 2. The fraction of sp³-hybridized carbons (Fsp3) is 0.692. The summed E-state index contributed by atoms with van der Waals surface area (Å²) >= 11 is 0. The molecule has 1 spiro atoms. The predicted molar refractivity (Wildman–Crippen MR) is 123 cm³/mol. The average molecular weight is 589 g/mol. The quantitative estimate of drug-likeness (QED) is 0.281. The van der Waals surface area contributed by atoms with Crippen molar-refractivity contribution in [2.45, 2.75) is 93.5 Å². The Hall–Kier alpha value is -2.51. The second kappa shape index (κ2) is 10.7. The van der Waals surface area contributed by atoms with Crippen LogP contribution in [0.15, 0.2) is 18.2 Å². The molecule has 1 saturated carbocycles. The van der Waals surface area contributed by atoms with Gasteiger partial charge >= 0.3 is 24.6 Å². The number of hydrogen-bond acceptors (Lipinski definition) is 4. The van der Waals surface area contributed by atoms with E-state index in [0.717, 1.165) is 36.2 Å². The number of rotatable bonds is 5. The Morgan fingerprint density at radius 3 is 1.98 bits per heavy atom. The number of amides is 1. The van der Waals surface area contributed by atoms with Gasteiger partial charge in [-0.05, 0) is 68.3 Å². The van der Waals surface area contributed by atoms with Gasteiger partial charge in [-0.15, -0.1) is 0 Å². The molecular formula is C26H29F9N2O3. The van der Waals surface area contributed by atoms with Crippen LogP contribution in [0.4, 0.5) is 44.3 Å². The molecule has 0 radical (unpaired) electrons. The molecule has 224 valence electrons. The minimum Gasteiger partial charge on any atom is -0.426 e. The number of ether oxygens (including phenoxy) is 1. The molecule has 0 aromatic heterocycles. The lowest BCUT2D eigenvalue weighted by Gasteiger charge is -2.45. The van der Waals surface area contributed by atoms with Crippen LogP contribution in [0.1, 0.15) is 68.1 Å². The lowest BCUT2D eigenvalue weighted by atomic mass is 9.79. The molecule has 3 aliphatic rings. The van der Waals surface area contributed by atoms with Gasteiger partial charge in [0.2, 0.25) is 0 Å². The van der Waals surface area contributed by atoms with Gasteiger partial charge in [0.05, 0.1) is 11.0 Å². The average Bonchev–Trinajstić information content (AvgIpc) is 3.49. The molecule has 1 aromatic rings. The van der Waals surface area contributed by atoms with E-state index in [1.165, 1.54) is 0 Å². The first kappa shape index (κ1) is 30.4. The van der Waals surface area contributed by atoms with Crippen molar-refractivity contribution in [2.24, 2.45) is 0 Å². The van der Waals surface area contributed by atoms with E-state index in [2.05, 4.69) is 4.74 Å². The standard InChI is InChI=1S/C26H29F9N2O3/c27-24(28,29)19-13-17(12-18(14-19)22(16-38)4-1-2-5-22)15-37-9-3-6-23(37)7-10-36(11-8-23)21(39)40-20(25(30,31)32)26(33,34)35/h12-14,16,20H,1-11,15H2. The van der Waals surface area contributed by atoms with Crippen molar-refractivity contribution in [3.8, 4) is 0 Å². The van der Waals surface area contributed by atoms with Crippen molar-refractivity contribution in [1.82, 2.24) is 9.80 Å². The lowest BCUT2D eigenvalue weighted by molar-refractivity contribution is -0.308. The number of hydrogen-bond donors (Lipinski definition) is 0. The Balaban J connectivity index is 1.50. The van der Waals surface area contributed by atoms with Crippen LogP contribution in [0.2, 0.25) is 0 Å². The highest BCUT2D eigenvalue weighted by atomic mass is 19.4. The minimum atomic E-state index is -5.82. The number of nitrogens with zero attached hydrogens (tertiary/aromatic N) is 2. The van der Waals surface area contributed by atoms with Gasteiger partial charge in [0.1, 0.15) is 6.29 Å². The highest BCUT2D eigenvalue weighted by Gasteiger charge is 2.60. The number of aldehydes is 1. The maximum Gasteiger partial charge on any atom is 0.434 e. The van der Waals surface area contributed by atoms with E-state index in [0.29, 0.717) is 43.4 Å². The molecule has 0 atom stereocenters. The smallest absolute Gasteiger partial charge is 0.426 e. The fourth-order valence-corrected chi connectivity index (χ4v) is 6.34. The van der Waals surface area contributed by atoms with Gasteiger partial charge in [-0.2, -0.15) is 39.5 Å². The summed E-state index contributed by atoms with van der Waals surface area (Å²) in [6.45, 7) is 0.291. The third-order valence-corrected chi connectivity index (χ3v) is 8.50. The Bertz CT molecular complexity index is 1070. The van der Waals surface area contributed by atoms with Gasteiger partial charge in [0.15, 0.2) is 0 Å². The van der Waals surface area contributed by atoms with Crippen LogP contribution in [0.25, 0.3) is 0 Å². The third-order valence-electron chi connectivity index (χ3n) is 8.50. The first-order chi connectivity index (χ1) is 18.5. The first-order valence-electron chi connectivity index (χ1n) is 13.0. The molecule has 0 N–H and O–H groups in total. The maximum atomic E-state index is 13.8. The van der Waals surface area contributed by atoms with Crippen LogP contribution in [-0.2, 0) is 27.7 Å². The van der Waals surface area contributed by atoms with Gasteiger partial charge in [-0.3, -0.25) is 4.90 Å². The summed E-state index contributed by atoms with van der Waals surface area (Å²) in [6.07, 6.45) is -17.4. The largest absolute Gasteiger partial charge is 0.434 e.